The summed E-state index contributed by atoms with van der Waals surface area (Å²) in [5, 5.41) is 3.18. The molecule has 1 atom stereocenters. The third-order valence-corrected chi connectivity index (χ3v) is 3.86. The molecular weight excluding hydrogens is 316 g/mol. The molecule has 2 rings (SSSR count). The number of benzene rings is 1. The van der Waals surface area contributed by atoms with Crippen LogP contribution in [0.15, 0.2) is 18.2 Å². The van der Waals surface area contributed by atoms with Crippen molar-refractivity contribution in [3.05, 3.63) is 23.8 Å². The van der Waals surface area contributed by atoms with Gasteiger partial charge < -0.3 is 19.7 Å². The number of ether oxygens (including phenoxy) is 2. The summed E-state index contributed by atoms with van der Waals surface area (Å²) in [5.41, 5.74) is 0.664. The van der Waals surface area contributed by atoms with E-state index < -0.39 is 0 Å². The zero-order valence-electron chi connectivity index (χ0n) is 14.1. The van der Waals surface area contributed by atoms with Crippen molar-refractivity contribution < 1.29 is 14.3 Å². The summed E-state index contributed by atoms with van der Waals surface area (Å²) in [6, 6.07) is 5.44. The first kappa shape index (κ1) is 19.6. The Balaban J connectivity index is 0.00000264. The number of likely N-dealkylation sites (tertiary alicyclic amines) is 1. The van der Waals surface area contributed by atoms with E-state index in [1.165, 1.54) is 0 Å². The predicted molar refractivity (Wildman–Crippen MR) is 94.0 cm³/mol. The van der Waals surface area contributed by atoms with Gasteiger partial charge in [0.15, 0.2) is 11.5 Å². The number of nitrogens with one attached hydrogen (secondary N) is 1. The average Bonchev–Trinajstić information content (AvgIpc) is 2.98. The molecule has 0 aromatic heterocycles. The molecule has 23 heavy (non-hydrogen) atoms. The Bertz CT molecular complexity index is 511. The molecule has 130 valence electrons. The van der Waals surface area contributed by atoms with E-state index in [9.17, 15) is 4.79 Å². The number of carbonyl (C=O) groups is 1. The summed E-state index contributed by atoms with van der Waals surface area (Å²) < 4.78 is 11.1. The largest absolute Gasteiger partial charge is 0.490 e. The van der Waals surface area contributed by atoms with Gasteiger partial charge >= 0.3 is 0 Å². The van der Waals surface area contributed by atoms with E-state index in [2.05, 4.69) is 5.32 Å². The fourth-order valence-electron chi connectivity index (χ4n) is 2.84. The number of carbonyl (C=O) groups excluding carboxylic acids is 1. The van der Waals surface area contributed by atoms with Crippen molar-refractivity contribution in [2.45, 2.75) is 20.3 Å². The highest BCUT2D eigenvalue weighted by Gasteiger charge is 2.27. The van der Waals surface area contributed by atoms with Gasteiger partial charge in [0.2, 0.25) is 0 Å². The molecule has 1 aromatic rings. The van der Waals surface area contributed by atoms with Crippen molar-refractivity contribution in [3.63, 3.8) is 0 Å². The third-order valence-electron chi connectivity index (χ3n) is 3.86. The van der Waals surface area contributed by atoms with Crippen LogP contribution in [-0.2, 0) is 0 Å². The van der Waals surface area contributed by atoms with Crippen LogP contribution in [0, 0.1) is 5.92 Å². The number of hydrogen-bond donors (Lipinski definition) is 1. The third kappa shape index (κ3) is 5.01. The van der Waals surface area contributed by atoms with Crippen molar-refractivity contribution >= 4 is 18.3 Å². The maximum atomic E-state index is 12.6. The number of amides is 1. The van der Waals surface area contributed by atoms with Crippen LogP contribution in [0.5, 0.6) is 11.5 Å². The standard InChI is InChI=1S/C17H26N2O3.ClH/c1-4-21-15-7-6-14(10-16(15)22-5-2)17(20)19-9-8-13(12-19)11-18-3;/h6-7,10,13,18H,4-5,8-9,11-12H2,1-3H3;1H. The van der Waals surface area contributed by atoms with E-state index in [0.717, 1.165) is 26.1 Å². The van der Waals surface area contributed by atoms with Gasteiger partial charge in [-0.15, -0.1) is 12.4 Å². The van der Waals surface area contributed by atoms with E-state index in [4.69, 9.17) is 9.47 Å². The molecule has 1 amide bonds. The molecule has 1 aliphatic rings. The van der Waals surface area contributed by atoms with Gasteiger partial charge in [0.1, 0.15) is 0 Å². The van der Waals surface area contributed by atoms with Gasteiger partial charge in [0.25, 0.3) is 5.91 Å². The Morgan fingerprint density at radius 1 is 1.26 bits per heavy atom. The molecule has 1 aromatic carbocycles. The smallest absolute Gasteiger partial charge is 0.254 e. The summed E-state index contributed by atoms with van der Waals surface area (Å²) in [7, 11) is 1.95. The summed E-state index contributed by atoms with van der Waals surface area (Å²) in [6.45, 7) is 7.57. The lowest BCUT2D eigenvalue weighted by Crippen LogP contribution is -2.30. The van der Waals surface area contributed by atoms with Crippen LogP contribution >= 0.6 is 12.4 Å². The van der Waals surface area contributed by atoms with Gasteiger partial charge in [0, 0.05) is 18.7 Å². The number of rotatable bonds is 7. The summed E-state index contributed by atoms with van der Waals surface area (Å²) in [5.74, 6) is 1.95. The molecule has 1 N–H and O–H groups in total. The molecule has 0 bridgehead atoms. The van der Waals surface area contributed by atoms with Crippen molar-refractivity contribution in [1.29, 1.82) is 0 Å². The Morgan fingerprint density at radius 2 is 1.96 bits per heavy atom. The predicted octanol–water partition coefficient (Wildman–Crippen LogP) is 2.59. The summed E-state index contributed by atoms with van der Waals surface area (Å²) in [6.07, 6.45) is 1.06. The van der Waals surface area contributed by atoms with E-state index >= 15 is 0 Å². The first-order valence-electron chi connectivity index (χ1n) is 8.03. The Morgan fingerprint density at radius 3 is 2.61 bits per heavy atom. The molecule has 1 fully saturated rings. The second-order valence-electron chi connectivity index (χ2n) is 5.49. The maximum absolute atomic E-state index is 12.6. The summed E-state index contributed by atoms with van der Waals surface area (Å²) in [4.78, 5) is 14.6. The zero-order valence-corrected chi connectivity index (χ0v) is 14.9. The van der Waals surface area contributed by atoms with Crippen molar-refractivity contribution in [1.82, 2.24) is 10.2 Å². The van der Waals surface area contributed by atoms with Crippen molar-refractivity contribution in [2.75, 3.05) is 39.9 Å². The SMILES string of the molecule is CCOc1ccc(C(=O)N2CCC(CNC)C2)cc1OCC.Cl. The first-order valence-corrected chi connectivity index (χ1v) is 8.03. The Kier molecular flexibility index (Phi) is 8.20. The molecule has 6 heteroatoms. The van der Waals surface area contributed by atoms with Gasteiger partial charge in [-0.3, -0.25) is 4.79 Å². The molecule has 1 heterocycles. The van der Waals surface area contributed by atoms with Gasteiger partial charge in [0.05, 0.1) is 13.2 Å². The van der Waals surface area contributed by atoms with Crippen LogP contribution in [-0.4, -0.2) is 50.7 Å². The number of halogens is 1. The molecule has 1 aliphatic heterocycles. The average molecular weight is 343 g/mol. The number of hydrogen-bond acceptors (Lipinski definition) is 4. The second kappa shape index (κ2) is 9.63. The second-order valence-corrected chi connectivity index (χ2v) is 5.49. The molecular formula is C17H27ClN2O3. The van der Waals surface area contributed by atoms with Crippen LogP contribution in [0.1, 0.15) is 30.6 Å². The van der Waals surface area contributed by atoms with Crippen molar-refractivity contribution in [3.8, 4) is 11.5 Å². The summed E-state index contributed by atoms with van der Waals surface area (Å²) >= 11 is 0. The molecule has 0 spiro atoms. The lowest BCUT2D eigenvalue weighted by atomic mass is 10.1. The highest BCUT2D eigenvalue weighted by molar-refractivity contribution is 5.95. The lowest BCUT2D eigenvalue weighted by molar-refractivity contribution is 0.0786. The highest BCUT2D eigenvalue weighted by Crippen LogP contribution is 2.29. The van der Waals surface area contributed by atoms with Crippen LogP contribution in [0.4, 0.5) is 0 Å². The monoisotopic (exact) mass is 342 g/mol. The molecule has 1 saturated heterocycles. The highest BCUT2D eigenvalue weighted by atomic mass is 35.5. The molecule has 5 nitrogen and oxygen atoms in total. The fourth-order valence-corrected chi connectivity index (χ4v) is 2.84. The van der Waals surface area contributed by atoms with Crippen LogP contribution in [0.2, 0.25) is 0 Å². The zero-order chi connectivity index (χ0) is 15.9. The topological polar surface area (TPSA) is 50.8 Å². The Hall–Kier alpha value is -1.46. The van der Waals surface area contributed by atoms with Crippen LogP contribution in [0.3, 0.4) is 0 Å². The van der Waals surface area contributed by atoms with Crippen LogP contribution in [0.25, 0.3) is 0 Å². The van der Waals surface area contributed by atoms with E-state index in [1.807, 2.05) is 37.9 Å². The molecule has 0 aliphatic carbocycles. The quantitative estimate of drug-likeness (QED) is 0.827. The number of nitrogens with zero attached hydrogens (tertiary/aromatic N) is 1. The minimum atomic E-state index is 0. The van der Waals surface area contributed by atoms with Gasteiger partial charge in [-0.05, 0) is 58.0 Å². The minimum Gasteiger partial charge on any atom is -0.490 e. The van der Waals surface area contributed by atoms with Crippen molar-refractivity contribution in [2.24, 2.45) is 5.92 Å². The van der Waals surface area contributed by atoms with Crippen LogP contribution < -0.4 is 14.8 Å². The first-order chi connectivity index (χ1) is 10.7. The van der Waals surface area contributed by atoms with Gasteiger partial charge in [-0.2, -0.15) is 0 Å². The normalized spacial score (nSPS) is 16.8. The fraction of sp³-hybridized carbons (Fsp3) is 0.588. The molecule has 0 radical (unpaired) electrons. The maximum Gasteiger partial charge on any atom is 0.254 e. The van der Waals surface area contributed by atoms with E-state index in [0.29, 0.717) is 36.2 Å². The lowest BCUT2D eigenvalue weighted by Gasteiger charge is -2.18. The van der Waals surface area contributed by atoms with Gasteiger partial charge in [-0.1, -0.05) is 0 Å². The molecule has 0 saturated carbocycles. The Labute approximate surface area is 144 Å². The molecule has 1 unspecified atom stereocenters. The van der Waals surface area contributed by atoms with E-state index in [1.54, 1.807) is 6.07 Å². The van der Waals surface area contributed by atoms with E-state index in [-0.39, 0.29) is 18.3 Å². The minimum absolute atomic E-state index is 0. The van der Waals surface area contributed by atoms with Gasteiger partial charge in [-0.25, -0.2) is 0 Å².